The molecule has 1 aliphatic rings. The minimum absolute atomic E-state index is 0.519. The van der Waals surface area contributed by atoms with Crippen molar-refractivity contribution in [1.29, 1.82) is 0 Å². The first kappa shape index (κ1) is 9.98. The summed E-state index contributed by atoms with van der Waals surface area (Å²) in [5, 5.41) is 7.81. The molecule has 1 aromatic carbocycles. The molecule has 1 fully saturated rings. The average Bonchev–Trinajstić information content (AvgIpc) is 2.74. The largest absolute Gasteiger partial charge is 0.358 e. The van der Waals surface area contributed by atoms with Crippen molar-refractivity contribution in [3.05, 3.63) is 24.3 Å². The average molecular weight is 230 g/mol. The van der Waals surface area contributed by atoms with Gasteiger partial charge in [-0.15, -0.1) is 5.10 Å². The van der Waals surface area contributed by atoms with Gasteiger partial charge in [-0.3, -0.25) is 0 Å². The van der Waals surface area contributed by atoms with Crippen molar-refractivity contribution in [2.75, 3.05) is 6.61 Å². The molecule has 0 spiro atoms. The summed E-state index contributed by atoms with van der Waals surface area (Å²) in [7, 11) is 3.70. The van der Waals surface area contributed by atoms with Gasteiger partial charge < -0.3 is 4.74 Å². The van der Waals surface area contributed by atoms with Gasteiger partial charge in [-0.05, 0) is 31.4 Å². The van der Waals surface area contributed by atoms with E-state index in [0.717, 1.165) is 36.9 Å². The van der Waals surface area contributed by atoms with Crippen LogP contribution in [0.15, 0.2) is 24.3 Å². The van der Waals surface area contributed by atoms with Crippen molar-refractivity contribution in [1.82, 2.24) is 15.0 Å². The molecule has 5 heteroatoms. The number of fused-ring (bicyclic) bond motifs is 1. The van der Waals surface area contributed by atoms with E-state index in [2.05, 4.69) is 20.6 Å². The van der Waals surface area contributed by atoms with E-state index in [1.54, 1.807) is 0 Å². The number of nitrogens with zero attached hydrogens (tertiary/aromatic N) is 3. The summed E-state index contributed by atoms with van der Waals surface area (Å²) >= 11 is 0. The molecular formula is C11H12N3OSi. The lowest BCUT2D eigenvalue weighted by Gasteiger charge is -2.34. The Labute approximate surface area is 97.0 Å². The van der Waals surface area contributed by atoms with E-state index in [1.165, 1.54) is 0 Å². The van der Waals surface area contributed by atoms with Crippen molar-refractivity contribution >= 4 is 21.3 Å². The maximum atomic E-state index is 5.79. The molecule has 3 rings (SSSR count). The summed E-state index contributed by atoms with van der Waals surface area (Å²) in [5.41, 5.74) is 1.90. The molecule has 4 nitrogen and oxygen atoms in total. The molecule has 1 unspecified atom stereocenters. The highest BCUT2D eigenvalue weighted by molar-refractivity contribution is 6.13. The van der Waals surface area contributed by atoms with E-state index < -0.39 is 5.35 Å². The van der Waals surface area contributed by atoms with Crippen LogP contribution in [0.4, 0.5) is 0 Å². The number of benzene rings is 1. The van der Waals surface area contributed by atoms with Crippen molar-refractivity contribution in [3.8, 4) is 0 Å². The van der Waals surface area contributed by atoms with E-state index in [9.17, 15) is 0 Å². The van der Waals surface area contributed by atoms with Gasteiger partial charge in [0, 0.05) is 6.61 Å². The van der Waals surface area contributed by atoms with Crippen LogP contribution in [-0.4, -0.2) is 31.8 Å². The highest BCUT2D eigenvalue weighted by atomic mass is 28.1. The van der Waals surface area contributed by atoms with E-state index in [0.29, 0.717) is 0 Å². The molecule has 1 aliphatic heterocycles. The maximum Gasteiger partial charge on any atom is 0.140 e. The van der Waals surface area contributed by atoms with Crippen LogP contribution < -0.4 is 0 Å². The molecule has 0 saturated carbocycles. The lowest BCUT2D eigenvalue weighted by atomic mass is 10.2. The normalized spacial score (nSPS) is 26.1. The monoisotopic (exact) mass is 230 g/mol. The first-order valence-electron chi connectivity index (χ1n) is 5.49. The lowest BCUT2D eigenvalue weighted by molar-refractivity contribution is -0.0769. The van der Waals surface area contributed by atoms with Crippen LogP contribution in [0, 0.1) is 0 Å². The molecule has 2 aromatic rings. The van der Waals surface area contributed by atoms with E-state index >= 15 is 0 Å². The van der Waals surface area contributed by atoms with Gasteiger partial charge in [0.05, 0.1) is 5.52 Å². The Morgan fingerprint density at radius 1 is 1.31 bits per heavy atom. The van der Waals surface area contributed by atoms with Gasteiger partial charge in [-0.1, -0.05) is 17.3 Å². The third kappa shape index (κ3) is 1.47. The summed E-state index contributed by atoms with van der Waals surface area (Å²) in [6.07, 6.45) is 3.16. The summed E-state index contributed by atoms with van der Waals surface area (Å²) in [6.45, 7) is 0.762. The fourth-order valence-corrected chi connectivity index (χ4v) is 2.53. The molecular weight excluding hydrogens is 218 g/mol. The zero-order valence-corrected chi connectivity index (χ0v) is 9.89. The molecule has 1 atom stereocenters. The lowest BCUT2D eigenvalue weighted by Crippen LogP contribution is -2.41. The Morgan fingerprint density at radius 2 is 2.19 bits per heavy atom. The number of rotatable bonds is 1. The highest BCUT2D eigenvalue weighted by Gasteiger charge is 2.32. The van der Waals surface area contributed by atoms with Gasteiger partial charge in [-0.25, -0.2) is 4.68 Å². The number of hydrogen-bond acceptors (Lipinski definition) is 3. The van der Waals surface area contributed by atoms with Crippen molar-refractivity contribution < 1.29 is 4.74 Å². The molecule has 2 heterocycles. The standard InChI is InChI=1S/C11H12N3OSi/c16-11(7-3-4-8-15-11)14-10-6-2-1-5-9(10)12-13-14/h1-2,5-6H,3-4,7-8H2. The minimum Gasteiger partial charge on any atom is -0.358 e. The Morgan fingerprint density at radius 3 is 3.00 bits per heavy atom. The molecule has 0 N–H and O–H groups in total. The number of ether oxygens (including phenoxy) is 1. The number of hydrogen-bond donors (Lipinski definition) is 0. The molecule has 0 bridgehead atoms. The van der Waals surface area contributed by atoms with E-state index in [1.807, 2.05) is 28.9 Å². The van der Waals surface area contributed by atoms with Gasteiger partial charge >= 0.3 is 0 Å². The quantitative estimate of drug-likeness (QED) is 0.695. The van der Waals surface area contributed by atoms with Gasteiger partial charge in [-0.2, -0.15) is 0 Å². The first-order valence-corrected chi connectivity index (χ1v) is 5.99. The molecule has 81 valence electrons. The summed E-state index contributed by atoms with van der Waals surface area (Å²) in [6, 6.07) is 7.91. The summed E-state index contributed by atoms with van der Waals surface area (Å²) in [5.74, 6) is 0. The molecule has 3 radical (unpaired) electrons. The van der Waals surface area contributed by atoms with Crippen LogP contribution in [0.25, 0.3) is 11.0 Å². The van der Waals surface area contributed by atoms with Gasteiger partial charge in [0.2, 0.25) is 0 Å². The van der Waals surface area contributed by atoms with Crippen LogP contribution in [0.3, 0.4) is 0 Å². The SMILES string of the molecule is [Si]C1(n2nnc3ccccc32)CCCCO1. The maximum absolute atomic E-state index is 5.79. The van der Waals surface area contributed by atoms with E-state index in [-0.39, 0.29) is 0 Å². The second-order valence-corrected chi connectivity index (χ2v) is 4.86. The summed E-state index contributed by atoms with van der Waals surface area (Å²) in [4.78, 5) is 0. The molecule has 16 heavy (non-hydrogen) atoms. The number of aromatic nitrogens is 3. The van der Waals surface area contributed by atoms with Crippen molar-refractivity contribution in [3.63, 3.8) is 0 Å². The Hall–Kier alpha value is -1.20. The molecule has 1 aromatic heterocycles. The van der Waals surface area contributed by atoms with Crippen LogP contribution in [0.5, 0.6) is 0 Å². The molecule has 1 saturated heterocycles. The third-order valence-corrected chi connectivity index (χ3v) is 3.55. The van der Waals surface area contributed by atoms with Crippen molar-refractivity contribution in [2.24, 2.45) is 0 Å². The van der Waals surface area contributed by atoms with Crippen LogP contribution in [-0.2, 0) is 10.1 Å². The fraction of sp³-hybridized carbons (Fsp3) is 0.455. The Bertz CT molecular complexity index is 505. The second-order valence-electron chi connectivity index (χ2n) is 4.08. The first-order chi connectivity index (χ1) is 7.80. The van der Waals surface area contributed by atoms with Gasteiger partial charge in [0.1, 0.15) is 21.1 Å². The van der Waals surface area contributed by atoms with Crippen molar-refractivity contribution in [2.45, 2.75) is 24.6 Å². The zero-order chi connectivity index (χ0) is 11.0. The smallest absolute Gasteiger partial charge is 0.140 e. The third-order valence-electron chi connectivity index (χ3n) is 2.94. The van der Waals surface area contributed by atoms with Gasteiger partial charge in [0.15, 0.2) is 0 Å². The highest BCUT2D eigenvalue weighted by Crippen LogP contribution is 2.28. The molecule has 0 amide bonds. The topological polar surface area (TPSA) is 39.9 Å². The predicted octanol–water partition coefficient (Wildman–Crippen LogP) is 1.41. The molecule has 0 aliphatic carbocycles. The van der Waals surface area contributed by atoms with E-state index in [4.69, 9.17) is 4.74 Å². The zero-order valence-electron chi connectivity index (χ0n) is 8.89. The fourth-order valence-electron chi connectivity index (χ4n) is 2.08. The minimum atomic E-state index is -0.519. The van der Waals surface area contributed by atoms with Crippen LogP contribution in [0.1, 0.15) is 19.3 Å². The Kier molecular flexibility index (Phi) is 2.29. The number of para-hydroxylation sites is 1. The Balaban J connectivity index is 2.11. The van der Waals surface area contributed by atoms with Crippen LogP contribution >= 0.6 is 0 Å². The summed E-state index contributed by atoms with van der Waals surface area (Å²) < 4.78 is 7.62. The van der Waals surface area contributed by atoms with Crippen LogP contribution in [0.2, 0.25) is 0 Å². The van der Waals surface area contributed by atoms with Gasteiger partial charge in [0.25, 0.3) is 0 Å². The second kappa shape index (κ2) is 3.67. The predicted molar refractivity (Wildman–Crippen MR) is 61.1 cm³/mol.